The van der Waals surface area contributed by atoms with Crippen LogP contribution in [0.15, 0.2) is 30.3 Å². The van der Waals surface area contributed by atoms with Gasteiger partial charge in [0.15, 0.2) is 0 Å². The van der Waals surface area contributed by atoms with E-state index in [1.165, 1.54) is 24.8 Å². The van der Waals surface area contributed by atoms with Crippen LogP contribution in [0.2, 0.25) is 0 Å². The highest BCUT2D eigenvalue weighted by molar-refractivity contribution is 5.81. The van der Waals surface area contributed by atoms with E-state index < -0.39 is 0 Å². The number of benzene rings is 1. The van der Waals surface area contributed by atoms with Crippen LogP contribution in [-0.4, -0.2) is 5.78 Å². The normalized spacial score (nSPS) is 31.1. The van der Waals surface area contributed by atoms with Gasteiger partial charge < -0.3 is 0 Å². The molecule has 84 valence electrons. The molecule has 2 fully saturated rings. The molecule has 2 aliphatic rings. The predicted molar refractivity (Wildman–Crippen MR) is 64.1 cm³/mol. The van der Waals surface area contributed by atoms with Gasteiger partial charge in [0.05, 0.1) is 0 Å². The Morgan fingerprint density at radius 2 is 1.75 bits per heavy atom. The summed E-state index contributed by atoms with van der Waals surface area (Å²) >= 11 is 0. The van der Waals surface area contributed by atoms with Gasteiger partial charge in [-0.1, -0.05) is 30.3 Å². The molecule has 2 saturated carbocycles. The zero-order valence-corrected chi connectivity index (χ0v) is 9.56. The first-order valence-corrected chi connectivity index (χ1v) is 6.39. The Balaban J connectivity index is 1.50. The fraction of sp³-hybridized carbons (Fsp3) is 0.533. The molecule has 0 N–H and O–H groups in total. The summed E-state index contributed by atoms with van der Waals surface area (Å²) in [6.07, 6.45) is 5.46. The molecular formula is C15H18O. The van der Waals surface area contributed by atoms with Crippen LogP contribution in [0.4, 0.5) is 0 Å². The number of carbonyl (C=O) groups excluding carboxylic acids is 1. The molecule has 2 aliphatic carbocycles. The number of fused-ring (bicyclic) bond motifs is 1. The zero-order valence-electron chi connectivity index (χ0n) is 9.56. The Morgan fingerprint density at radius 1 is 1.06 bits per heavy atom. The molecule has 1 heteroatoms. The van der Waals surface area contributed by atoms with Crippen molar-refractivity contribution in [3.05, 3.63) is 35.9 Å². The van der Waals surface area contributed by atoms with E-state index in [9.17, 15) is 4.79 Å². The van der Waals surface area contributed by atoms with E-state index >= 15 is 0 Å². The average molecular weight is 214 g/mol. The van der Waals surface area contributed by atoms with Crippen molar-refractivity contribution in [2.75, 3.05) is 0 Å². The fourth-order valence-corrected chi connectivity index (χ4v) is 3.09. The molecule has 0 radical (unpaired) electrons. The van der Waals surface area contributed by atoms with Gasteiger partial charge in [0.25, 0.3) is 0 Å². The van der Waals surface area contributed by atoms with Gasteiger partial charge in [-0.15, -0.1) is 0 Å². The molecule has 3 rings (SSSR count). The van der Waals surface area contributed by atoms with Crippen molar-refractivity contribution >= 4 is 5.78 Å². The van der Waals surface area contributed by atoms with Crippen molar-refractivity contribution in [1.29, 1.82) is 0 Å². The summed E-state index contributed by atoms with van der Waals surface area (Å²) in [4.78, 5) is 12.0. The molecule has 0 spiro atoms. The minimum atomic E-state index is 0.410. The lowest BCUT2D eigenvalue weighted by Crippen LogP contribution is -2.13. The lowest BCUT2D eigenvalue weighted by Gasteiger charge is -2.10. The third-order valence-electron chi connectivity index (χ3n) is 4.20. The number of hydrogen-bond acceptors (Lipinski definition) is 1. The summed E-state index contributed by atoms with van der Waals surface area (Å²) in [6, 6.07) is 10.3. The van der Waals surface area contributed by atoms with Crippen LogP contribution < -0.4 is 0 Å². The van der Waals surface area contributed by atoms with E-state index in [4.69, 9.17) is 0 Å². The molecule has 1 nitrogen and oxygen atoms in total. The summed E-state index contributed by atoms with van der Waals surface area (Å²) in [5.74, 6) is 2.76. The molecular weight excluding hydrogens is 196 g/mol. The maximum Gasteiger partial charge on any atom is 0.136 e. The highest BCUT2D eigenvalue weighted by Gasteiger charge is 2.47. The van der Waals surface area contributed by atoms with Gasteiger partial charge in [-0.05, 0) is 43.1 Å². The zero-order chi connectivity index (χ0) is 11.0. The van der Waals surface area contributed by atoms with E-state index in [-0.39, 0.29) is 0 Å². The number of ketones is 1. The maximum absolute atomic E-state index is 12.0. The minimum Gasteiger partial charge on any atom is -0.299 e. The molecule has 16 heavy (non-hydrogen) atoms. The molecule has 0 aromatic heterocycles. The highest BCUT2D eigenvalue weighted by atomic mass is 16.1. The molecule has 1 aromatic carbocycles. The van der Waals surface area contributed by atoms with Gasteiger partial charge in [0, 0.05) is 12.3 Å². The lowest BCUT2D eigenvalue weighted by molar-refractivity contribution is -0.122. The maximum atomic E-state index is 12.0. The first-order valence-electron chi connectivity index (χ1n) is 6.39. The Morgan fingerprint density at radius 3 is 2.44 bits per heavy atom. The molecule has 0 amide bonds. The third-order valence-corrected chi connectivity index (χ3v) is 4.20. The predicted octanol–water partition coefficient (Wildman–Crippen LogP) is 3.23. The van der Waals surface area contributed by atoms with Crippen LogP contribution in [0.5, 0.6) is 0 Å². The quantitative estimate of drug-likeness (QED) is 0.752. The molecule has 2 unspecified atom stereocenters. The van der Waals surface area contributed by atoms with E-state index in [1.54, 1.807) is 0 Å². The summed E-state index contributed by atoms with van der Waals surface area (Å²) in [5.41, 5.74) is 1.29. The summed E-state index contributed by atoms with van der Waals surface area (Å²) < 4.78 is 0. The van der Waals surface area contributed by atoms with Crippen molar-refractivity contribution in [2.45, 2.75) is 32.1 Å². The van der Waals surface area contributed by atoms with E-state index in [0.29, 0.717) is 11.7 Å². The Kier molecular flexibility index (Phi) is 2.55. The average Bonchev–Trinajstić information content (AvgIpc) is 2.94. The van der Waals surface area contributed by atoms with Gasteiger partial charge in [-0.3, -0.25) is 4.79 Å². The number of carbonyl (C=O) groups is 1. The highest BCUT2D eigenvalue weighted by Crippen LogP contribution is 2.54. The fourth-order valence-electron chi connectivity index (χ4n) is 3.09. The standard InChI is InChI=1S/C15H18O/c16-15(14-9-12-8-13(12)10-14)7-6-11-4-2-1-3-5-11/h1-5,12-14H,6-10H2. The molecule has 1 aromatic rings. The van der Waals surface area contributed by atoms with Crippen LogP contribution in [0.3, 0.4) is 0 Å². The van der Waals surface area contributed by atoms with Gasteiger partial charge in [0.2, 0.25) is 0 Å². The first kappa shape index (κ1) is 10.1. The minimum absolute atomic E-state index is 0.410. The van der Waals surface area contributed by atoms with Crippen molar-refractivity contribution < 1.29 is 4.79 Å². The van der Waals surface area contributed by atoms with Crippen LogP contribution in [0.1, 0.15) is 31.2 Å². The molecule has 2 atom stereocenters. The van der Waals surface area contributed by atoms with E-state index in [2.05, 4.69) is 12.1 Å². The first-order chi connectivity index (χ1) is 7.83. The SMILES string of the molecule is O=C(CCc1ccccc1)C1CC2CC2C1. The van der Waals surface area contributed by atoms with E-state index in [1.807, 2.05) is 18.2 Å². The second-order valence-corrected chi connectivity index (χ2v) is 5.38. The Bertz CT molecular complexity index is 372. The second-order valence-electron chi connectivity index (χ2n) is 5.38. The molecule has 0 aliphatic heterocycles. The Labute approximate surface area is 96.9 Å². The van der Waals surface area contributed by atoms with Crippen molar-refractivity contribution in [1.82, 2.24) is 0 Å². The van der Waals surface area contributed by atoms with Crippen molar-refractivity contribution in [2.24, 2.45) is 17.8 Å². The van der Waals surface area contributed by atoms with E-state index in [0.717, 1.165) is 24.7 Å². The van der Waals surface area contributed by atoms with Gasteiger partial charge in [-0.25, -0.2) is 0 Å². The molecule has 0 heterocycles. The second kappa shape index (κ2) is 4.04. The lowest BCUT2D eigenvalue weighted by atomic mass is 9.94. The van der Waals surface area contributed by atoms with Gasteiger partial charge in [-0.2, -0.15) is 0 Å². The Hall–Kier alpha value is -1.11. The van der Waals surface area contributed by atoms with Crippen molar-refractivity contribution in [3.63, 3.8) is 0 Å². The number of aryl methyl sites for hydroxylation is 1. The number of Topliss-reactive ketones (excluding diaryl/α,β-unsaturated/α-hetero) is 1. The monoisotopic (exact) mass is 214 g/mol. The topological polar surface area (TPSA) is 17.1 Å². The van der Waals surface area contributed by atoms with Gasteiger partial charge >= 0.3 is 0 Å². The third kappa shape index (κ3) is 2.04. The van der Waals surface area contributed by atoms with Crippen LogP contribution in [0.25, 0.3) is 0 Å². The largest absolute Gasteiger partial charge is 0.299 e. The van der Waals surface area contributed by atoms with Crippen LogP contribution in [-0.2, 0) is 11.2 Å². The van der Waals surface area contributed by atoms with Crippen LogP contribution >= 0.6 is 0 Å². The number of rotatable bonds is 4. The van der Waals surface area contributed by atoms with Crippen molar-refractivity contribution in [3.8, 4) is 0 Å². The van der Waals surface area contributed by atoms with Gasteiger partial charge in [0.1, 0.15) is 5.78 Å². The smallest absolute Gasteiger partial charge is 0.136 e. The summed E-state index contributed by atoms with van der Waals surface area (Å²) in [5, 5.41) is 0. The molecule has 0 bridgehead atoms. The summed E-state index contributed by atoms with van der Waals surface area (Å²) in [7, 11) is 0. The summed E-state index contributed by atoms with van der Waals surface area (Å²) in [6.45, 7) is 0. The number of hydrogen-bond donors (Lipinski definition) is 0. The molecule has 0 saturated heterocycles. The van der Waals surface area contributed by atoms with Crippen LogP contribution in [0, 0.1) is 17.8 Å².